The van der Waals surface area contributed by atoms with Crippen LogP contribution >= 0.6 is 0 Å². The number of terminal acetylenes is 1. The van der Waals surface area contributed by atoms with E-state index in [0.717, 1.165) is 23.4 Å². The highest BCUT2D eigenvalue weighted by atomic mass is 16.5. The van der Waals surface area contributed by atoms with Gasteiger partial charge in [0.25, 0.3) is 0 Å². The van der Waals surface area contributed by atoms with Crippen molar-refractivity contribution in [3.8, 4) is 35.4 Å². The fourth-order valence-electron chi connectivity index (χ4n) is 3.82. The summed E-state index contributed by atoms with van der Waals surface area (Å²) in [6, 6.07) is 17.7. The molecule has 0 saturated carbocycles. The summed E-state index contributed by atoms with van der Waals surface area (Å²) in [5.74, 6) is 4.29. The molecule has 0 aliphatic heterocycles. The Labute approximate surface area is 208 Å². The van der Waals surface area contributed by atoms with Crippen LogP contribution in [0.1, 0.15) is 31.5 Å². The highest BCUT2D eigenvalue weighted by Gasteiger charge is 2.25. The van der Waals surface area contributed by atoms with Gasteiger partial charge >= 0.3 is 0 Å². The standard InChI is InChI=1S/C28H35N3O4/c1-6-17-34-20-24(32)18-30(21(3)7-2)19-25-22(4)29-31(23-13-9-8-10-14-23)28(25)35-27-16-12-11-15-26(27)33-5/h1,8-16,21,24,32H,7,17-20H2,2-5H3/t21-,24-/m0/s1. The van der Waals surface area contributed by atoms with Crippen LogP contribution in [-0.4, -0.2) is 58.8 Å². The fourth-order valence-corrected chi connectivity index (χ4v) is 3.82. The molecule has 7 heteroatoms. The second kappa shape index (κ2) is 13.0. The molecule has 0 amide bonds. The van der Waals surface area contributed by atoms with Crippen molar-refractivity contribution < 1.29 is 19.3 Å². The summed E-state index contributed by atoms with van der Waals surface area (Å²) >= 11 is 0. The van der Waals surface area contributed by atoms with E-state index < -0.39 is 6.10 Å². The molecule has 3 aromatic rings. The molecule has 0 saturated heterocycles. The molecule has 1 heterocycles. The van der Waals surface area contributed by atoms with E-state index in [4.69, 9.17) is 25.7 Å². The number of aryl methyl sites for hydroxylation is 1. The Morgan fingerprint density at radius 1 is 1.11 bits per heavy atom. The quantitative estimate of drug-likeness (QED) is 0.287. The number of aliphatic hydroxyl groups is 1. The molecule has 3 rings (SSSR count). The van der Waals surface area contributed by atoms with Crippen molar-refractivity contribution in [2.45, 2.75) is 45.9 Å². The van der Waals surface area contributed by atoms with Gasteiger partial charge in [0.2, 0.25) is 5.88 Å². The first-order valence-electron chi connectivity index (χ1n) is 11.9. The van der Waals surface area contributed by atoms with Gasteiger partial charge in [0, 0.05) is 19.1 Å². The Balaban J connectivity index is 1.99. The van der Waals surface area contributed by atoms with Gasteiger partial charge < -0.3 is 19.3 Å². The van der Waals surface area contributed by atoms with Crippen molar-refractivity contribution >= 4 is 0 Å². The Kier molecular flexibility index (Phi) is 9.74. The van der Waals surface area contributed by atoms with E-state index in [-0.39, 0.29) is 19.3 Å². The van der Waals surface area contributed by atoms with Gasteiger partial charge in [0.15, 0.2) is 11.5 Å². The first-order valence-corrected chi connectivity index (χ1v) is 11.9. The van der Waals surface area contributed by atoms with Crippen molar-refractivity contribution in [1.29, 1.82) is 0 Å². The predicted octanol–water partition coefficient (Wildman–Crippen LogP) is 4.59. The zero-order valence-electron chi connectivity index (χ0n) is 21.0. The average Bonchev–Trinajstić information content (AvgIpc) is 3.18. The summed E-state index contributed by atoms with van der Waals surface area (Å²) in [5, 5.41) is 15.4. The van der Waals surface area contributed by atoms with Gasteiger partial charge in [-0.2, -0.15) is 5.10 Å². The number of ether oxygens (including phenoxy) is 3. The summed E-state index contributed by atoms with van der Waals surface area (Å²) in [7, 11) is 1.62. The summed E-state index contributed by atoms with van der Waals surface area (Å²) in [4.78, 5) is 2.22. The Morgan fingerprint density at radius 3 is 2.46 bits per heavy atom. The first kappa shape index (κ1) is 26.3. The van der Waals surface area contributed by atoms with Crippen molar-refractivity contribution in [3.05, 3.63) is 65.9 Å². The largest absolute Gasteiger partial charge is 0.493 e. The van der Waals surface area contributed by atoms with Gasteiger partial charge in [-0.05, 0) is 44.5 Å². The van der Waals surface area contributed by atoms with Crippen LogP contribution in [0.15, 0.2) is 54.6 Å². The van der Waals surface area contributed by atoms with E-state index in [1.807, 2.05) is 66.2 Å². The lowest BCUT2D eigenvalue weighted by Gasteiger charge is -2.30. The average molecular weight is 478 g/mol. The van der Waals surface area contributed by atoms with Gasteiger partial charge in [-0.1, -0.05) is 43.2 Å². The van der Waals surface area contributed by atoms with E-state index in [9.17, 15) is 5.11 Å². The third-order valence-corrected chi connectivity index (χ3v) is 5.93. The molecule has 0 unspecified atom stereocenters. The van der Waals surface area contributed by atoms with Crippen LogP contribution in [0.2, 0.25) is 0 Å². The van der Waals surface area contributed by atoms with E-state index in [0.29, 0.717) is 30.5 Å². The predicted molar refractivity (Wildman–Crippen MR) is 137 cm³/mol. The minimum absolute atomic E-state index is 0.181. The molecule has 2 aromatic carbocycles. The lowest BCUT2D eigenvalue weighted by molar-refractivity contribution is 0.0168. The van der Waals surface area contributed by atoms with Gasteiger partial charge in [0.05, 0.1) is 36.8 Å². The van der Waals surface area contributed by atoms with E-state index in [1.54, 1.807) is 7.11 Å². The van der Waals surface area contributed by atoms with Gasteiger partial charge in [-0.15, -0.1) is 6.42 Å². The zero-order chi connectivity index (χ0) is 25.2. The molecule has 1 N–H and O–H groups in total. The number of nitrogens with zero attached hydrogens (tertiary/aromatic N) is 3. The van der Waals surface area contributed by atoms with Crippen LogP contribution in [0.3, 0.4) is 0 Å². The second-order valence-electron chi connectivity index (χ2n) is 8.43. The summed E-state index contributed by atoms with van der Waals surface area (Å²) in [6.45, 7) is 7.60. The fraction of sp³-hybridized carbons (Fsp3) is 0.393. The van der Waals surface area contributed by atoms with E-state index in [2.05, 4.69) is 24.7 Å². The third-order valence-electron chi connectivity index (χ3n) is 5.93. The van der Waals surface area contributed by atoms with Crippen molar-refractivity contribution in [3.63, 3.8) is 0 Å². The number of hydrogen-bond donors (Lipinski definition) is 1. The number of benzene rings is 2. The molecule has 0 aliphatic carbocycles. The number of aliphatic hydroxyl groups excluding tert-OH is 1. The molecule has 1 aromatic heterocycles. The Bertz CT molecular complexity index is 1110. The number of aromatic nitrogens is 2. The van der Waals surface area contributed by atoms with E-state index in [1.165, 1.54) is 0 Å². The van der Waals surface area contributed by atoms with Gasteiger partial charge in [-0.25, -0.2) is 4.68 Å². The SMILES string of the molecule is C#CCOC[C@@H](O)CN(Cc1c(C)nn(-c2ccccc2)c1Oc1ccccc1OC)[C@@H](C)CC. The number of para-hydroxylation sites is 3. The summed E-state index contributed by atoms with van der Waals surface area (Å²) in [5.41, 5.74) is 2.69. The highest BCUT2D eigenvalue weighted by Crippen LogP contribution is 2.36. The molecular formula is C28H35N3O4. The molecule has 186 valence electrons. The number of hydrogen-bond acceptors (Lipinski definition) is 6. The van der Waals surface area contributed by atoms with Gasteiger partial charge in [0.1, 0.15) is 6.61 Å². The van der Waals surface area contributed by atoms with Crippen molar-refractivity contribution in [1.82, 2.24) is 14.7 Å². The topological polar surface area (TPSA) is 69.0 Å². The summed E-state index contributed by atoms with van der Waals surface area (Å²) < 4.78 is 19.2. The normalized spacial score (nSPS) is 12.8. The molecule has 35 heavy (non-hydrogen) atoms. The maximum atomic E-state index is 10.6. The molecule has 0 radical (unpaired) electrons. The minimum Gasteiger partial charge on any atom is -0.493 e. The van der Waals surface area contributed by atoms with Gasteiger partial charge in [-0.3, -0.25) is 4.90 Å². The lowest BCUT2D eigenvalue weighted by Crippen LogP contribution is -2.40. The minimum atomic E-state index is -0.666. The van der Waals surface area contributed by atoms with Crippen LogP contribution in [0, 0.1) is 19.3 Å². The van der Waals surface area contributed by atoms with Crippen LogP contribution in [0.4, 0.5) is 0 Å². The number of rotatable bonds is 13. The molecule has 7 nitrogen and oxygen atoms in total. The maximum Gasteiger partial charge on any atom is 0.227 e. The second-order valence-corrected chi connectivity index (χ2v) is 8.43. The van der Waals surface area contributed by atoms with Crippen LogP contribution in [-0.2, 0) is 11.3 Å². The smallest absolute Gasteiger partial charge is 0.227 e. The molecule has 0 fully saturated rings. The summed E-state index contributed by atoms with van der Waals surface area (Å²) in [6.07, 6.45) is 5.51. The molecule has 0 bridgehead atoms. The molecular weight excluding hydrogens is 442 g/mol. The maximum absolute atomic E-state index is 10.6. The molecule has 2 atom stereocenters. The highest BCUT2D eigenvalue weighted by molar-refractivity contribution is 5.47. The molecule has 0 spiro atoms. The van der Waals surface area contributed by atoms with Crippen LogP contribution in [0.25, 0.3) is 5.69 Å². The zero-order valence-corrected chi connectivity index (χ0v) is 21.0. The lowest BCUT2D eigenvalue weighted by atomic mass is 10.1. The van der Waals surface area contributed by atoms with Crippen LogP contribution in [0.5, 0.6) is 17.4 Å². The Morgan fingerprint density at radius 2 is 1.80 bits per heavy atom. The monoisotopic (exact) mass is 477 g/mol. The third kappa shape index (κ3) is 6.86. The van der Waals surface area contributed by atoms with Crippen molar-refractivity contribution in [2.75, 3.05) is 26.9 Å². The Hall–Kier alpha value is -3.31. The molecule has 0 aliphatic rings. The first-order chi connectivity index (χ1) is 17.0. The van der Waals surface area contributed by atoms with Crippen LogP contribution < -0.4 is 9.47 Å². The van der Waals surface area contributed by atoms with Crippen molar-refractivity contribution in [2.24, 2.45) is 0 Å². The number of methoxy groups -OCH3 is 1. The van der Waals surface area contributed by atoms with E-state index >= 15 is 0 Å².